The molecular formula is C16H21NO3. The molecule has 0 spiro atoms. The zero-order chi connectivity index (χ0) is 15.3. The number of hydrogen-bond donors (Lipinski definition) is 2. The molecule has 0 aliphatic heterocycles. The summed E-state index contributed by atoms with van der Waals surface area (Å²) in [6.07, 6.45) is 0.369. The van der Waals surface area contributed by atoms with E-state index in [1.165, 1.54) is 0 Å². The monoisotopic (exact) mass is 275 g/mol. The Morgan fingerprint density at radius 3 is 2.15 bits per heavy atom. The molecule has 0 saturated carbocycles. The highest BCUT2D eigenvalue weighted by Gasteiger charge is 2.12. The van der Waals surface area contributed by atoms with Gasteiger partial charge in [-0.25, -0.2) is 4.79 Å². The molecule has 1 rings (SSSR count). The summed E-state index contributed by atoms with van der Waals surface area (Å²) in [6, 6.07) is 7.34. The van der Waals surface area contributed by atoms with Crippen LogP contribution in [0.25, 0.3) is 0 Å². The van der Waals surface area contributed by atoms with Crippen molar-refractivity contribution >= 4 is 11.9 Å². The number of hydrogen-bond acceptors (Lipinski definition) is 2. The Balaban J connectivity index is 2.88. The minimum atomic E-state index is -1.000. The van der Waals surface area contributed by atoms with Crippen LogP contribution in [0.1, 0.15) is 56.0 Å². The van der Waals surface area contributed by atoms with Gasteiger partial charge in [0.2, 0.25) is 0 Å². The van der Waals surface area contributed by atoms with Crippen LogP contribution in [0.15, 0.2) is 35.5 Å². The van der Waals surface area contributed by atoms with Gasteiger partial charge in [-0.1, -0.05) is 32.9 Å². The molecule has 1 aromatic carbocycles. The summed E-state index contributed by atoms with van der Waals surface area (Å²) in [5.41, 5.74) is 2.29. The summed E-state index contributed by atoms with van der Waals surface area (Å²) in [6.45, 7) is 7.52. The lowest BCUT2D eigenvalue weighted by atomic mass is 10.0. The van der Waals surface area contributed by atoms with Gasteiger partial charge >= 0.3 is 5.97 Å². The second kappa shape index (κ2) is 6.89. The average molecular weight is 275 g/mol. The van der Waals surface area contributed by atoms with Gasteiger partial charge in [-0.3, -0.25) is 4.79 Å². The molecule has 0 aliphatic rings. The van der Waals surface area contributed by atoms with Crippen LogP contribution in [0.2, 0.25) is 0 Å². The molecule has 0 heterocycles. The molecule has 20 heavy (non-hydrogen) atoms. The molecule has 0 unspecified atom stereocenters. The third kappa shape index (κ3) is 3.95. The van der Waals surface area contributed by atoms with Gasteiger partial charge in [0.25, 0.3) is 5.91 Å². The predicted molar refractivity (Wildman–Crippen MR) is 78.6 cm³/mol. The minimum Gasteiger partial charge on any atom is -0.478 e. The first kappa shape index (κ1) is 16.0. The van der Waals surface area contributed by atoms with Crippen LogP contribution in [-0.4, -0.2) is 17.0 Å². The fourth-order valence-corrected chi connectivity index (χ4v) is 1.91. The quantitative estimate of drug-likeness (QED) is 0.810. The maximum absolute atomic E-state index is 12.0. The lowest BCUT2D eigenvalue weighted by Crippen LogP contribution is -2.24. The van der Waals surface area contributed by atoms with Crippen molar-refractivity contribution in [1.29, 1.82) is 0 Å². The predicted octanol–water partition coefficient (Wildman–Crippen LogP) is 3.31. The zero-order valence-electron chi connectivity index (χ0n) is 12.4. The second-order valence-corrected chi connectivity index (χ2v) is 4.99. The van der Waals surface area contributed by atoms with E-state index in [4.69, 9.17) is 5.11 Å². The Hall–Kier alpha value is -2.10. The van der Waals surface area contributed by atoms with Gasteiger partial charge in [-0.2, -0.15) is 0 Å². The van der Waals surface area contributed by atoms with Gasteiger partial charge in [0.1, 0.15) is 0 Å². The third-order valence-electron chi connectivity index (χ3n) is 3.20. The summed E-state index contributed by atoms with van der Waals surface area (Å²) in [4.78, 5) is 23.0. The summed E-state index contributed by atoms with van der Waals surface area (Å²) < 4.78 is 0. The van der Waals surface area contributed by atoms with Crippen LogP contribution in [-0.2, 0) is 4.79 Å². The number of rotatable bonds is 5. The first-order valence-corrected chi connectivity index (χ1v) is 6.71. The summed E-state index contributed by atoms with van der Waals surface area (Å²) in [5, 5.41) is 11.7. The fraction of sp³-hybridized carbons (Fsp3) is 0.375. The van der Waals surface area contributed by atoms with E-state index in [0.717, 1.165) is 5.56 Å². The highest BCUT2D eigenvalue weighted by molar-refractivity contribution is 5.96. The standard InChI is InChI=1S/C16H21NO3/c1-5-14(16(19)20)11(4)17-15(18)13-8-6-12(7-9-13)10(2)3/h6-10H,5H2,1-4H3,(H,17,18)(H,19,20)/b14-11-. The van der Waals surface area contributed by atoms with E-state index in [1.54, 1.807) is 26.0 Å². The van der Waals surface area contributed by atoms with Crippen molar-refractivity contribution in [3.63, 3.8) is 0 Å². The normalized spacial score (nSPS) is 12.1. The number of allylic oxidation sites excluding steroid dienone is 1. The smallest absolute Gasteiger partial charge is 0.333 e. The number of carbonyl (C=O) groups excluding carboxylic acids is 1. The number of aliphatic carboxylic acids is 1. The molecule has 0 bridgehead atoms. The maximum Gasteiger partial charge on any atom is 0.333 e. The molecule has 4 nitrogen and oxygen atoms in total. The Morgan fingerprint density at radius 2 is 1.75 bits per heavy atom. The molecule has 0 saturated heterocycles. The molecule has 1 amide bonds. The van der Waals surface area contributed by atoms with Crippen LogP contribution in [0.3, 0.4) is 0 Å². The lowest BCUT2D eigenvalue weighted by molar-refractivity contribution is -0.132. The van der Waals surface area contributed by atoms with Crippen molar-refractivity contribution in [1.82, 2.24) is 5.32 Å². The first-order valence-electron chi connectivity index (χ1n) is 6.71. The largest absolute Gasteiger partial charge is 0.478 e. The molecule has 0 aromatic heterocycles. The molecule has 0 aliphatic carbocycles. The SMILES string of the molecule is CC/C(C(=O)O)=C(\C)NC(=O)c1ccc(C(C)C)cc1. The minimum absolute atomic E-state index is 0.220. The van der Waals surface area contributed by atoms with Crippen molar-refractivity contribution in [2.75, 3.05) is 0 Å². The first-order chi connectivity index (χ1) is 9.36. The fourth-order valence-electron chi connectivity index (χ4n) is 1.91. The van der Waals surface area contributed by atoms with Crippen LogP contribution in [0.5, 0.6) is 0 Å². The maximum atomic E-state index is 12.0. The van der Waals surface area contributed by atoms with Crippen LogP contribution in [0, 0.1) is 0 Å². The van der Waals surface area contributed by atoms with Crippen molar-refractivity contribution in [3.05, 3.63) is 46.7 Å². The topological polar surface area (TPSA) is 66.4 Å². The molecular weight excluding hydrogens is 254 g/mol. The summed E-state index contributed by atoms with van der Waals surface area (Å²) >= 11 is 0. The Kier molecular flexibility index (Phi) is 5.50. The average Bonchev–Trinajstić information content (AvgIpc) is 2.39. The Morgan fingerprint density at radius 1 is 1.20 bits per heavy atom. The van der Waals surface area contributed by atoms with Gasteiger partial charge in [-0.15, -0.1) is 0 Å². The zero-order valence-corrected chi connectivity index (χ0v) is 12.4. The number of nitrogens with one attached hydrogen (secondary N) is 1. The third-order valence-corrected chi connectivity index (χ3v) is 3.20. The van der Waals surface area contributed by atoms with Crippen LogP contribution >= 0.6 is 0 Å². The van der Waals surface area contributed by atoms with Crippen molar-refractivity contribution in [2.24, 2.45) is 0 Å². The summed E-state index contributed by atoms with van der Waals surface area (Å²) in [5.74, 6) is -0.877. The van der Waals surface area contributed by atoms with E-state index in [0.29, 0.717) is 23.6 Å². The molecule has 2 N–H and O–H groups in total. The molecule has 4 heteroatoms. The molecule has 108 valence electrons. The number of carboxylic acids is 1. The number of carboxylic acid groups (broad SMARTS) is 1. The van der Waals surface area contributed by atoms with Crippen molar-refractivity contribution < 1.29 is 14.7 Å². The van der Waals surface area contributed by atoms with Gasteiger partial charge < -0.3 is 10.4 Å². The lowest BCUT2D eigenvalue weighted by Gasteiger charge is -2.10. The molecule has 0 radical (unpaired) electrons. The van der Waals surface area contributed by atoms with Gasteiger partial charge in [0.15, 0.2) is 0 Å². The van der Waals surface area contributed by atoms with E-state index < -0.39 is 5.97 Å². The number of carbonyl (C=O) groups is 2. The van der Waals surface area contributed by atoms with Crippen LogP contribution < -0.4 is 5.32 Å². The molecule has 0 fully saturated rings. The van der Waals surface area contributed by atoms with E-state index in [9.17, 15) is 9.59 Å². The highest BCUT2D eigenvalue weighted by atomic mass is 16.4. The van der Waals surface area contributed by atoms with E-state index in [1.807, 2.05) is 12.1 Å². The van der Waals surface area contributed by atoms with Gasteiger partial charge in [0.05, 0.1) is 5.57 Å². The van der Waals surface area contributed by atoms with Gasteiger partial charge in [-0.05, 0) is 37.0 Å². The molecule has 0 atom stereocenters. The highest BCUT2D eigenvalue weighted by Crippen LogP contribution is 2.15. The Labute approximate surface area is 119 Å². The number of benzene rings is 1. The summed E-state index contributed by atoms with van der Waals surface area (Å²) in [7, 11) is 0. The van der Waals surface area contributed by atoms with Crippen LogP contribution in [0.4, 0.5) is 0 Å². The van der Waals surface area contributed by atoms with E-state index in [2.05, 4.69) is 19.2 Å². The molecule has 1 aromatic rings. The van der Waals surface area contributed by atoms with Gasteiger partial charge in [0, 0.05) is 11.3 Å². The second-order valence-electron chi connectivity index (χ2n) is 4.99. The Bertz CT molecular complexity index is 527. The van der Waals surface area contributed by atoms with E-state index in [-0.39, 0.29) is 11.5 Å². The van der Waals surface area contributed by atoms with E-state index >= 15 is 0 Å². The number of amides is 1. The van der Waals surface area contributed by atoms with Crippen molar-refractivity contribution in [3.8, 4) is 0 Å². The van der Waals surface area contributed by atoms with Crippen molar-refractivity contribution in [2.45, 2.75) is 40.0 Å².